The monoisotopic (exact) mass is 475 g/mol. The highest BCUT2D eigenvalue weighted by atomic mass is 16.7. The van der Waals surface area contributed by atoms with Gasteiger partial charge >= 0.3 is 5.69 Å². The summed E-state index contributed by atoms with van der Waals surface area (Å²) in [5, 5.41) is 9.73. The molecule has 5 rings (SSSR count). The second kappa shape index (κ2) is 8.85. The van der Waals surface area contributed by atoms with Crippen LogP contribution in [-0.4, -0.2) is 44.6 Å². The molecule has 0 unspecified atom stereocenters. The average Bonchev–Trinajstić information content (AvgIpc) is 3.49. The van der Waals surface area contributed by atoms with E-state index in [4.69, 9.17) is 20.2 Å². The number of benzene rings is 1. The Labute approximate surface area is 200 Å². The van der Waals surface area contributed by atoms with Crippen LogP contribution in [0.4, 0.5) is 5.95 Å². The molecule has 0 amide bonds. The SMILES string of the molecule is CC#CCn1c(N2CCC[C@@H](N)C2)nc2c1c(=O)n(Cc1ccc3c(c1C#N)OCO3)c(=O)n2C. The van der Waals surface area contributed by atoms with E-state index in [-0.39, 0.29) is 42.7 Å². The summed E-state index contributed by atoms with van der Waals surface area (Å²) in [6.07, 6.45) is 1.83. The van der Waals surface area contributed by atoms with Gasteiger partial charge in [0.2, 0.25) is 12.7 Å². The van der Waals surface area contributed by atoms with Crippen LogP contribution in [0.3, 0.4) is 0 Å². The van der Waals surface area contributed by atoms with Gasteiger partial charge in [-0.2, -0.15) is 10.2 Å². The van der Waals surface area contributed by atoms with E-state index in [1.807, 2.05) is 4.90 Å². The Morgan fingerprint density at radius 3 is 2.83 bits per heavy atom. The Bertz CT molecular complexity index is 1550. The van der Waals surface area contributed by atoms with Crippen molar-refractivity contribution in [2.75, 3.05) is 24.8 Å². The largest absolute Gasteiger partial charge is 0.454 e. The zero-order valence-corrected chi connectivity index (χ0v) is 19.6. The fraction of sp³-hybridized carbons (Fsp3) is 0.417. The molecule has 180 valence electrons. The van der Waals surface area contributed by atoms with Crippen molar-refractivity contribution in [2.45, 2.75) is 38.9 Å². The first-order chi connectivity index (χ1) is 16.9. The number of nitrogens with zero attached hydrogens (tertiary/aromatic N) is 6. The molecular weight excluding hydrogens is 450 g/mol. The molecule has 2 aliphatic heterocycles. The second-order valence-corrected chi connectivity index (χ2v) is 8.62. The lowest BCUT2D eigenvalue weighted by Gasteiger charge is -2.31. The maximum Gasteiger partial charge on any atom is 0.332 e. The molecule has 1 saturated heterocycles. The van der Waals surface area contributed by atoms with Gasteiger partial charge in [0.15, 0.2) is 22.7 Å². The minimum absolute atomic E-state index is 0.00478. The molecule has 0 aliphatic carbocycles. The predicted octanol–water partition coefficient (Wildman–Crippen LogP) is 0.496. The van der Waals surface area contributed by atoms with Gasteiger partial charge in [0.05, 0.1) is 13.1 Å². The summed E-state index contributed by atoms with van der Waals surface area (Å²) in [4.78, 5) is 33.8. The average molecular weight is 476 g/mol. The Hall–Kier alpha value is -4.22. The molecule has 2 aliphatic rings. The normalized spacial score (nSPS) is 16.7. The molecule has 0 spiro atoms. The number of rotatable bonds is 4. The fourth-order valence-corrected chi connectivity index (χ4v) is 4.68. The number of ether oxygens (including phenoxy) is 2. The van der Waals surface area contributed by atoms with Crippen molar-refractivity contribution in [1.82, 2.24) is 18.7 Å². The van der Waals surface area contributed by atoms with Crippen LogP contribution in [0.2, 0.25) is 0 Å². The third-order valence-corrected chi connectivity index (χ3v) is 6.43. The summed E-state index contributed by atoms with van der Waals surface area (Å²) in [6.45, 7) is 3.24. The molecule has 35 heavy (non-hydrogen) atoms. The van der Waals surface area contributed by atoms with Gasteiger partial charge in [-0.05, 0) is 31.4 Å². The van der Waals surface area contributed by atoms with E-state index >= 15 is 0 Å². The maximum atomic E-state index is 13.7. The standard InChI is InChI=1S/C24H25N7O4/c1-3-4-10-30-19-21(27-23(30)29-9-5-6-16(26)13-29)28(2)24(33)31(22(19)32)12-15-7-8-18-20(17(15)11-25)35-14-34-18/h7-8,16H,5-6,9-10,12-14,26H2,1-2H3/t16-/m1/s1. The van der Waals surface area contributed by atoms with Crippen LogP contribution in [0.25, 0.3) is 11.2 Å². The van der Waals surface area contributed by atoms with Crippen LogP contribution < -0.4 is 31.4 Å². The molecule has 1 atom stereocenters. The lowest BCUT2D eigenvalue weighted by atomic mass is 10.1. The Morgan fingerprint density at radius 1 is 1.26 bits per heavy atom. The van der Waals surface area contributed by atoms with Crippen molar-refractivity contribution in [3.63, 3.8) is 0 Å². The zero-order valence-electron chi connectivity index (χ0n) is 19.6. The number of hydrogen-bond donors (Lipinski definition) is 1. The number of aryl methyl sites for hydroxylation is 1. The van der Waals surface area contributed by atoms with Gasteiger partial charge in [0.25, 0.3) is 5.56 Å². The van der Waals surface area contributed by atoms with E-state index in [1.54, 1.807) is 30.7 Å². The summed E-state index contributed by atoms with van der Waals surface area (Å²) < 4.78 is 15.0. The van der Waals surface area contributed by atoms with Gasteiger partial charge in [-0.1, -0.05) is 12.0 Å². The third-order valence-electron chi connectivity index (χ3n) is 6.43. The van der Waals surface area contributed by atoms with E-state index < -0.39 is 11.2 Å². The first-order valence-electron chi connectivity index (χ1n) is 11.4. The number of aromatic nitrogens is 4. The number of anilines is 1. The lowest BCUT2D eigenvalue weighted by Crippen LogP contribution is -2.44. The lowest BCUT2D eigenvalue weighted by molar-refractivity contribution is 0.173. The topological polar surface area (TPSA) is 133 Å². The summed E-state index contributed by atoms with van der Waals surface area (Å²) in [7, 11) is 1.58. The highest BCUT2D eigenvalue weighted by molar-refractivity contribution is 5.75. The highest BCUT2D eigenvalue weighted by Crippen LogP contribution is 2.37. The molecule has 0 bridgehead atoms. The molecule has 0 radical (unpaired) electrons. The van der Waals surface area contributed by atoms with Crippen molar-refractivity contribution in [3.05, 3.63) is 44.1 Å². The molecular formula is C24H25N7O4. The number of hydrogen-bond acceptors (Lipinski definition) is 8. The molecule has 1 aromatic carbocycles. The molecule has 11 heteroatoms. The van der Waals surface area contributed by atoms with Crippen molar-refractivity contribution >= 4 is 17.1 Å². The van der Waals surface area contributed by atoms with Gasteiger partial charge in [0.1, 0.15) is 11.6 Å². The Morgan fingerprint density at radius 2 is 2.09 bits per heavy atom. The van der Waals surface area contributed by atoms with Crippen LogP contribution in [0.1, 0.15) is 30.9 Å². The minimum atomic E-state index is -0.530. The minimum Gasteiger partial charge on any atom is -0.454 e. The van der Waals surface area contributed by atoms with Crippen molar-refractivity contribution in [2.24, 2.45) is 12.8 Å². The smallest absolute Gasteiger partial charge is 0.332 e. The van der Waals surface area contributed by atoms with Crippen LogP contribution in [-0.2, 0) is 20.1 Å². The molecule has 2 aromatic heterocycles. The van der Waals surface area contributed by atoms with Crippen LogP contribution >= 0.6 is 0 Å². The van der Waals surface area contributed by atoms with E-state index in [2.05, 4.69) is 17.9 Å². The molecule has 0 saturated carbocycles. The Balaban J connectivity index is 1.69. The van der Waals surface area contributed by atoms with Crippen LogP contribution in [0.5, 0.6) is 11.5 Å². The van der Waals surface area contributed by atoms with E-state index in [1.165, 1.54) is 4.57 Å². The van der Waals surface area contributed by atoms with Crippen LogP contribution in [0.15, 0.2) is 21.7 Å². The summed E-state index contributed by atoms with van der Waals surface area (Å²) in [6, 6.07) is 5.46. The Kier molecular flexibility index (Phi) is 5.71. The van der Waals surface area contributed by atoms with Crippen molar-refractivity contribution in [1.29, 1.82) is 5.26 Å². The van der Waals surface area contributed by atoms with Crippen molar-refractivity contribution in [3.8, 4) is 29.4 Å². The van der Waals surface area contributed by atoms with Gasteiger partial charge in [-0.15, -0.1) is 5.92 Å². The number of nitrogens with two attached hydrogens (primary N) is 1. The molecule has 3 aromatic rings. The van der Waals surface area contributed by atoms with Gasteiger partial charge in [-0.25, -0.2) is 4.79 Å². The molecule has 2 N–H and O–H groups in total. The number of piperidine rings is 1. The van der Waals surface area contributed by atoms with Crippen molar-refractivity contribution < 1.29 is 9.47 Å². The van der Waals surface area contributed by atoms with E-state index in [0.29, 0.717) is 29.6 Å². The summed E-state index contributed by atoms with van der Waals surface area (Å²) >= 11 is 0. The highest BCUT2D eigenvalue weighted by Gasteiger charge is 2.27. The first-order valence-corrected chi connectivity index (χ1v) is 11.4. The fourth-order valence-electron chi connectivity index (χ4n) is 4.68. The van der Waals surface area contributed by atoms with Gasteiger partial charge < -0.3 is 20.1 Å². The molecule has 11 nitrogen and oxygen atoms in total. The quantitative estimate of drug-likeness (QED) is 0.539. The van der Waals surface area contributed by atoms with E-state index in [0.717, 1.165) is 24.0 Å². The van der Waals surface area contributed by atoms with E-state index in [9.17, 15) is 14.9 Å². The summed E-state index contributed by atoms with van der Waals surface area (Å²) in [5.74, 6) is 7.24. The zero-order chi connectivity index (χ0) is 24.7. The predicted molar refractivity (Wildman–Crippen MR) is 128 cm³/mol. The second-order valence-electron chi connectivity index (χ2n) is 8.62. The number of fused-ring (bicyclic) bond motifs is 2. The number of nitriles is 1. The first kappa shape index (κ1) is 22.6. The molecule has 1 fully saturated rings. The van der Waals surface area contributed by atoms with Gasteiger partial charge in [0, 0.05) is 26.2 Å². The van der Waals surface area contributed by atoms with Crippen LogP contribution in [0, 0.1) is 23.2 Å². The number of imidazole rings is 1. The third kappa shape index (κ3) is 3.70. The summed E-state index contributed by atoms with van der Waals surface area (Å²) in [5.41, 5.74) is 6.45. The maximum absolute atomic E-state index is 13.7. The molecule has 4 heterocycles. The van der Waals surface area contributed by atoms with Gasteiger partial charge in [-0.3, -0.25) is 18.5 Å².